The third-order valence-electron chi connectivity index (χ3n) is 5.19. The third-order valence-corrected chi connectivity index (χ3v) is 5.19. The quantitative estimate of drug-likeness (QED) is 0.853. The number of anilines is 1. The van der Waals surface area contributed by atoms with Gasteiger partial charge in [0.25, 0.3) is 0 Å². The summed E-state index contributed by atoms with van der Waals surface area (Å²) >= 11 is 0. The molecule has 0 radical (unpaired) electrons. The molecule has 1 amide bonds. The van der Waals surface area contributed by atoms with Gasteiger partial charge < -0.3 is 5.32 Å². The molecular formula is C18H25NO. The summed E-state index contributed by atoms with van der Waals surface area (Å²) in [5, 5.41) is 3.06. The molecule has 2 saturated carbocycles. The first-order valence-electron chi connectivity index (χ1n) is 8.01. The van der Waals surface area contributed by atoms with E-state index >= 15 is 0 Å². The topological polar surface area (TPSA) is 29.1 Å². The van der Waals surface area contributed by atoms with Gasteiger partial charge in [-0.2, -0.15) is 0 Å². The van der Waals surface area contributed by atoms with Gasteiger partial charge in [-0.1, -0.05) is 32.4 Å². The molecule has 2 heteroatoms. The van der Waals surface area contributed by atoms with E-state index in [2.05, 4.69) is 31.3 Å². The summed E-state index contributed by atoms with van der Waals surface area (Å²) in [4.78, 5) is 12.2. The predicted octanol–water partition coefficient (Wildman–Crippen LogP) is 4.57. The summed E-state index contributed by atoms with van der Waals surface area (Å²) in [6.07, 6.45) is 6.13. The fourth-order valence-corrected chi connectivity index (χ4v) is 4.03. The van der Waals surface area contributed by atoms with Gasteiger partial charge in [0.05, 0.1) is 0 Å². The summed E-state index contributed by atoms with van der Waals surface area (Å²) in [6, 6.07) is 8.26. The van der Waals surface area contributed by atoms with Gasteiger partial charge in [-0.3, -0.25) is 4.79 Å². The lowest BCUT2D eigenvalue weighted by Gasteiger charge is -2.20. The standard InChI is InChI=1S/C18H25NO/c1-12(2)14-5-7-17(8-6-14)19-18(20)11-16-10-13-3-4-15(16)9-13/h5-8,12-13,15-16H,3-4,9-11H2,1-2H3,(H,19,20)/t13-,15-,16+/m1/s1. The summed E-state index contributed by atoms with van der Waals surface area (Å²) in [5.41, 5.74) is 2.25. The first kappa shape index (κ1) is 13.7. The molecule has 0 heterocycles. The summed E-state index contributed by atoms with van der Waals surface area (Å²) in [6.45, 7) is 4.37. The number of fused-ring (bicyclic) bond motifs is 2. The SMILES string of the molecule is CC(C)c1ccc(NC(=O)C[C@@H]2C[C@@H]3CC[C@@H]2C3)cc1. The average Bonchev–Trinajstić information content (AvgIpc) is 3.01. The van der Waals surface area contributed by atoms with Gasteiger partial charge in [-0.25, -0.2) is 0 Å². The van der Waals surface area contributed by atoms with Crippen LogP contribution < -0.4 is 5.32 Å². The predicted molar refractivity (Wildman–Crippen MR) is 82.7 cm³/mol. The number of hydrogen-bond acceptors (Lipinski definition) is 1. The fraction of sp³-hybridized carbons (Fsp3) is 0.611. The van der Waals surface area contributed by atoms with E-state index < -0.39 is 0 Å². The lowest BCUT2D eigenvalue weighted by molar-refractivity contribution is -0.117. The van der Waals surface area contributed by atoms with Crippen molar-refractivity contribution in [2.45, 2.75) is 51.9 Å². The Morgan fingerprint density at radius 2 is 1.95 bits per heavy atom. The van der Waals surface area contributed by atoms with Gasteiger partial charge in [-0.15, -0.1) is 0 Å². The first-order valence-corrected chi connectivity index (χ1v) is 8.01. The second-order valence-corrected chi connectivity index (χ2v) is 6.96. The smallest absolute Gasteiger partial charge is 0.224 e. The molecule has 3 atom stereocenters. The van der Waals surface area contributed by atoms with Crippen molar-refractivity contribution in [1.29, 1.82) is 0 Å². The van der Waals surface area contributed by atoms with Gasteiger partial charge in [0.1, 0.15) is 0 Å². The molecule has 3 rings (SSSR count). The number of nitrogens with one attached hydrogen (secondary N) is 1. The zero-order valence-electron chi connectivity index (χ0n) is 12.6. The van der Waals surface area contributed by atoms with Crippen molar-refractivity contribution in [1.82, 2.24) is 0 Å². The minimum absolute atomic E-state index is 0.194. The Bertz CT molecular complexity index is 477. The molecule has 1 aromatic rings. The highest BCUT2D eigenvalue weighted by molar-refractivity contribution is 5.90. The van der Waals surface area contributed by atoms with Gasteiger partial charge in [0.2, 0.25) is 5.91 Å². The van der Waals surface area contributed by atoms with Crippen LogP contribution >= 0.6 is 0 Å². The molecule has 2 bridgehead atoms. The molecule has 108 valence electrons. The third kappa shape index (κ3) is 2.89. The van der Waals surface area contributed by atoms with Crippen molar-refractivity contribution in [2.75, 3.05) is 5.32 Å². The van der Waals surface area contributed by atoms with Crippen LogP contribution in [0.2, 0.25) is 0 Å². The Labute approximate surface area is 122 Å². The van der Waals surface area contributed by atoms with Crippen LogP contribution in [-0.4, -0.2) is 5.91 Å². The zero-order valence-corrected chi connectivity index (χ0v) is 12.6. The molecule has 0 aliphatic heterocycles. The second-order valence-electron chi connectivity index (χ2n) is 6.96. The highest BCUT2D eigenvalue weighted by Crippen LogP contribution is 2.49. The van der Waals surface area contributed by atoms with Crippen molar-refractivity contribution in [2.24, 2.45) is 17.8 Å². The highest BCUT2D eigenvalue weighted by Gasteiger charge is 2.40. The summed E-state index contributed by atoms with van der Waals surface area (Å²) in [5.74, 6) is 3.12. The Morgan fingerprint density at radius 3 is 2.50 bits per heavy atom. The fourth-order valence-electron chi connectivity index (χ4n) is 4.03. The Hall–Kier alpha value is -1.31. The monoisotopic (exact) mass is 271 g/mol. The lowest BCUT2D eigenvalue weighted by Crippen LogP contribution is -2.20. The summed E-state index contributed by atoms with van der Waals surface area (Å²) in [7, 11) is 0. The normalized spacial score (nSPS) is 28.1. The molecule has 2 aliphatic rings. The number of amides is 1. The first-order chi connectivity index (χ1) is 9.61. The second kappa shape index (κ2) is 5.59. The zero-order chi connectivity index (χ0) is 14.1. The minimum Gasteiger partial charge on any atom is -0.326 e. The molecule has 0 unspecified atom stereocenters. The van der Waals surface area contributed by atoms with Crippen LogP contribution in [0, 0.1) is 17.8 Å². The van der Waals surface area contributed by atoms with Crippen molar-refractivity contribution in [3.8, 4) is 0 Å². The Morgan fingerprint density at radius 1 is 1.20 bits per heavy atom. The number of rotatable bonds is 4. The maximum Gasteiger partial charge on any atom is 0.224 e. The molecular weight excluding hydrogens is 246 g/mol. The van der Waals surface area contributed by atoms with Crippen LogP contribution in [0.3, 0.4) is 0 Å². The number of carbonyl (C=O) groups is 1. The molecule has 20 heavy (non-hydrogen) atoms. The van der Waals surface area contributed by atoms with Crippen LogP contribution in [0.4, 0.5) is 5.69 Å². The van der Waals surface area contributed by atoms with E-state index in [9.17, 15) is 4.79 Å². The van der Waals surface area contributed by atoms with E-state index in [1.54, 1.807) is 0 Å². The van der Waals surface area contributed by atoms with Crippen LogP contribution in [0.25, 0.3) is 0 Å². The Balaban J connectivity index is 1.53. The van der Waals surface area contributed by atoms with Crippen LogP contribution in [0.15, 0.2) is 24.3 Å². The van der Waals surface area contributed by atoms with Crippen molar-refractivity contribution >= 4 is 11.6 Å². The van der Waals surface area contributed by atoms with Gasteiger partial charge >= 0.3 is 0 Å². The largest absolute Gasteiger partial charge is 0.326 e. The van der Waals surface area contributed by atoms with Gasteiger partial charge in [-0.05, 0) is 60.6 Å². The van der Waals surface area contributed by atoms with Crippen LogP contribution in [0.1, 0.15) is 57.4 Å². The molecule has 0 spiro atoms. The van der Waals surface area contributed by atoms with Crippen molar-refractivity contribution in [3.05, 3.63) is 29.8 Å². The number of hydrogen-bond donors (Lipinski definition) is 1. The van der Waals surface area contributed by atoms with Gasteiger partial charge in [0, 0.05) is 12.1 Å². The number of benzene rings is 1. The van der Waals surface area contributed by atoms with E-state index in [0.717, 1.165) is 17.5 Å². The van der Waals surface area contributed by atoms with E-state index in [0.29, 0.717) is 18.3 Å². The molecule has 0 saturated heterocycles. The van der Waals surface area contributed by atoms with E-state index in [1.165, 1.54) is 31.2 Å². The Kier molecular flexibility index (Phi) is 3.82. The van der Waals surface area contributed by atoms with Crippen LogP contribution in [-0.2, 0) is 4.79 Å². The maximum absolute atomic E-state index is 12.2. The summed E-state index contributed by atoms with van der Waals surface area (Å²) < 4.78 is 0. The highest BCUT2D eigenvalue weighted by atomic mass is 16.1. The molecule has 2 nitrogen and oxygen atoms in total. The molecule has 1 N–H and O–H groups in total. The lowest BCUT2D eigenvalue weighted by atomic mass is 9.86. The van der Waals surface area contributed by atoms with E-state index in [4.69, 9.17) is 0 Å². The van der Waals surface area contributed by atoms with Gasteiger partial charge in [0.15, 0.2) is 0 Å². The molecule has 2 aliphatic carbocycles. The van der Waals surface area contributed by atoms with Crippen molar-refractivity contribution in [3.63, 3.8) is 0 Å². The molecule has 2 fully saturated rings. The molecule has 1 aromatic carbocycles. The molecule has 0 aromatic heterocycles. The van der Waals surface area contributed by atoms with Crippen molar-refractivity contribution < 1.29 is 4.79 Å². The van der Waals surface area contributed by atoms with E-state index in [-0.39, 0.29) is 5.91 Å². The average molecular weight is 271 g/mol. The number of carbonyl (C=O) groups excluding carboxylic acids is 1. The minimum atomic E-state index is 0.194. The van der Waals surface area contributed by atoms with E-state index in [1.807, 2.05) is 12.1 Å². The maximum atomic E-state index is 12.2. The van der Waals surface area contributed by atoms with Crippen LogP contribution in [0.5, 0.6) is 0 Å².